The van der Waals surface area contributed by atoms with E-state index in [0.717, 1.165) is 30.9 Å². The van der Waals surface area contributed by atoms with Gasteiger partial charge in [-0.05, 0) is 67.1 Å². The van der Waals surface area contributed by atoms with Crippen LogP contribution in [0.25, 0.3) is 0 Å². The number of phenolic OH excluding ortho intramolecular Hbond substituents is 1. The number of hydrogen-bond donors (Lipinski definition) is 2. The van der Waals surface area contributed by atoms with Gasteiger partial charge in [0.25, 0.3) is 0 Å². The molecule has 5 rings (SSSR count). The third kappa shape index (κ3) is 3.90. The SMILES string of the molecule is CC(=O)C1C(=O)C(C(C)C)[C@@]2(C)C[C@@]3(C)Cc4c(CCC5CCCCC5)ccc(O)c4C(=O)C3C(=O)[C@@]2(O)C1=O. The predicted octanol–water partition coefficient (Wildman–Crippen LogP) is 4.61. The summed E-state index contributed by atoms with van der Waals surface area (Å²) < 4.78 is 0. The zero-order chi connectivity index (χ0) is 29.4. The maximum atomic E-state index is 14.3. The summed E-state index contributed by atoms with van der Waals surface area (Å²) in [6.07, 6.45) is 8.30. The number of rotatable bonds is 5. The number of carbonyl (C=O) groups excluding carboxylic acids is 5. The van der Waals surface area contributed by atoms with Gasteiger partial charge in [0.05, 0.1) is 11.5 Å². The number of Topliss-reactive ketones (excluding diaryl/α,β-unsaturated/α-hetero) is 5. The average Bonchev–Trinajstić information content (AvgIpc) is 2.86. The minimum atomic E-state index is -2.66. The van der Waals surface area contributed by atoms with E-state index in [2.05, 4.69) is 0 Å². The number of hydrogen-bond acceptors (Lipinski definition) is 7. The molecule has 3 fully saturated rings. The standard InChI is InChI=1S/C33H42O7/c1-17(2)25-27(36)23(18(3)34)29(38)33(40)30(39)26-28(37)24-21(15-31(26,4)16-32(25,33)5)20(13-14-22(24)35)12-11-19-9-7-6-8-10-19/h13-14,17,19,23,25-26,35,40H,6-12,15-16H2,1-5H3/t23?,25?,26?,31-,32-,33+/m1/s1. The van der Waals surface area contributed by atoms with Crippen molar-refractivity contribution in [2.75, 3.05) is 0 Å². The minimum absolute atomic E-state index is 0.0841. The molecule has 0 saturated heterocycles. The Kier molecular flexibility index (Phi) is 7.00. The monoisotopic (exact) mass is 550 g/mol. The molecule has 3 unspecified atom stereocenters. The summed E-state index contributed by atoms with van der Waals surface area (Å²) in [7, 11) is 0. The molecule has 0 radical (unpaired) electrons. The molecule has 0 aromatic heterocycles. The third-order valence-electron chi connectivity index (χ3n) is 10.9. The van der Waals surface area contributed by atoms with Gasteiger partial charge in [-0.1, -0.05) is 65.9 Å². The Balaban J connectivity index is 1.61. The van der Waals surface area contributed by atoms with Gasteiger partial charge in [-0.15, -0.1) is 0 Å². The molecule has 1 aromatic rings. The van der Waals surface area contributed by atoms with Crippen molar-refractivity contribution < 1.29 is 34.2 Å². The number of benzene rings is 1. The fraction of sp³-hybridized carbons (Fsp3) is 0.667. The summed E-state index contributed by atoms with van der Waals surface area (Å²) in [5.74, 6) is -7.85. The van der Waals surface area contributed by atoms with Gasteiger partial charge in [-0.2, -0.15) is 0 Å². The molecule has 7 nitrogen and oxygen atoms in total. The highest BCUT2D eigenvalue weighted by molar-refractivity contribution is 6.32. The van der Waals surface area contributed by atoms with Crippen LogP contribution in [-0.4, -0.2) is 44.7 Å². The number of aromatic hydroxyl groups is 1. The Morgan fingerprint density at radius 1 is 1.02 bits per heavy atom. The number of ketones is 5. The van der Waals surface area contributed by atoms with Crippen LogP contribution in [0.4, 0.5) is 0 Å². The van der Waals surface area contributed by atoms with Crippen molar-refractivity contribution >= 4 is 28.9 Å². The maximum Gasteiger partial charge on any atom is 0.190 e. The normalized spacial score (nSPS) is 36.3. The smallest absolute Gasteiger partial charge is 0.190 e. The second kappa shape index (κ2) is 9.71. The number of carbonyl (C=O) groups is 5. The van der Waals surface area contributed by atoms with Gasteiger partial charge in [0, 0.05) is 11.3 Å². The molecule has 4 aliphatic carbocycles. The Morgan fingerprint density at radius 3 is 2.27 bits per heavy atom. The third-order valence-corrected chi connectivity index (χ3v) is 10.9. The quantitative estimate of drug-likeness (QED) is 0.513. The largest absolute Gasteiger partial charge is 0.507 e. The second-order valence-electron chi connectivity index (χ2n) is 14.0. The first-order chi connectivity index (χ1) is 18.7. The van der Waals surface area contributed by atoms with Crippen molar-refractivity contribution in [3.05, 3.63) is 28.8 Å². The van der Waals surface area contributed by atoms with E-state index in [1.54, 1.807) is 20.8 Å². The zero-order valence-corrected chi connectivity index (χ0v) is 24.3. The van der Waals surface area contributed by atoms with Crippen molar-refractivity contribution in [2.24, 2.45) is 40.4 Å². The summed E-state index contributed by atoms with van der Waals surface area (Å²) >= 11 is 0. The number of aliphatic hydroxyl groups is 1. The van der Waals surface area contributed by atoms with E-state index in [1.165, 1.54) is 38.2 Å². The van der Waals surface area contributed by atoms with Crippen LogP contribution in [0.2, 0.25) is 0 Å². The summed E-state index contributed by atoms with van der Waals surface area (Å²) in [5.41, 5.74) is -3.30. The van der Waals surface area contributed by atoms with Crippen molar-refractivity contribution in [2.45, 2.75) is 98.0 Å². The highest BCUT2D eigenvalue weighted by Gasteiger charge is 2.76. The van der Waals surface area contributed by atoms with E-state index >= 15 is 0 Å². The highest BCUT2D eigenvalue weighted by atomic mass is 16.3. The Bertz CT molecular complexity index is 1300. The van der Waals surface area contributed by atoms with E-state index in [9.17, 15) is 34.2 Å². The number of phenols is 1. The van der Waals surface area contributed by atoms with E-state index in [-0.39, 0.29) is 23.7 Å². The summed E-state index contributed by atoms with van der Waals surface area (Å²) in [6.45, 7) is 8.15. The molecule has 0 amide bonds. The van der Waals surface area contributed by atoms with Gasteiger partial charge in [0.1, 0.15) is 17.5 Å². The maximum absolute atomic E-state index is 14.3. The first kappa shape index (κ1) is 28.8. The van der Waals surface area contributed by atoms with E-state index in [1.807, 2.05) is 13.0 Å². The topological polar surface area (TPSA) is 126 Å². The van der Waals surface area contributed by atoms with Crippen LogP contribution < -0.4 is 0 Å². The van der Waals surface area contributed by atoms with Gasteiger partial charge in [-0.3, -0.25) is 24.0 Å². The van der Waals surface area contributed by atoms with Crippen LogP contribution in [-0.2, 0) is 32.0 Å². The molecule has 40 heavy (non-hydrogen) atoms. The van der Waals surface area contributed by atoms with Gasteiger partial charge in [0.2, 0.25) is 0 Å². The number of aryl methyl sites for hydroxylation is 1. The van der Waals surface area contributed by atoms with Gasteiger partial charge in [0.15, 0.2) is 28.7 Å². The molecule has 6 atom stereocenters. The fourth-order valence-electron chi connectivity index (χ4n) is 9.27. The molecule has 0 aliphatic heterocycles. The summed E-state index contributed by atoms with van der Waals surface area (Å²) in [5, 5.41) is 22.9. The molecule has 0 bridgehead atoms. The van der Waals surface area contributed by atoms with Crippen LogP contribution in [0.5, 0.6) is 5.75 Å². The van der Waals surface area contributed by atoms with Crippen LogP contribution in [0.3, 0.4) is 0 Å². The van der Waals surface area contributed by atoms with E-state index < -0.39 is 63.1 Å². The van der Waals surface area contributed by atoms with Crippen molar-refractivity contribution in [1.82, 2.24) is 0 Å². The molecular weight excluding hydrogens is 508 g/mol. The second-order valence-corrected chi connectivity index (χ2v) is 14.0. The minimum Gasteiger partial charge on any atom is -0.507 e. The Morgan fingerprint density at radius 2 is 1.68 bits per heavy atom. The van der Waals surface area contributed by atoms with Crippen LogP contribution >= 0.6 is 0 Å². The van der Waals surface area contributed by atoms with Crippen LogP contribution in [0.15, 0.2) is 12.1 Å². The van der Waals surface area contributed by atoms with Crippen molar-refractivity contribution in [1.29, 1.82) is 0 Å². The highest BCUT2D eigenvalue weighted by Crippen LogP contribution is 2.63. The molecule has 3 saturated carbocycles. The molecule has 4 aliphatic rings. The first-order valence-corrected chi connectivity index (χ1v) is 14.9. The molecule has 7 heteroatoms. The summed E-state index contributed by atoms with van der Waals surface area (Å²) in [4.78, 5) is 68.3. The van der Waals surface area contributed by atoms with Gasteiger partial charge in [-0.25, -0.2) is 0 Å². The molecule has 0 heterocycles. The fourth-order valence-corrected chi connectivity index (χ4v) is 9.27. The molecule has 0 spiro atoms. The lowest BCUT2D eigenvalue weighted by Gasteiger charge is -2.61. The lowest BCUT2D eigenvalue weighted by atomic mass is 9.40. The first-order valence-electron chi connectivity index (χ1n) is 14.9. The summed E-state index contributed by atoms with van der Waals surface area (Å²) in [6, 6.07) is 3.38. The predicted molar refractivity (Wildman–Crippen MR) is 148 cm³/mol. The van der Waals surface area contributed by atoms with Crippen molar-refractivity contribution in [3.8, 4) is 5.75 Å². The molecular formula is C33H42O7. The molecule has 2 N–H and O–H groups in total. The van der Waals surface area contributed by atoms with Crippen LogP contribution in [0, 0.1) is 40.4 Å². The van der Waals surface area contributed by atoms with Gasteiger partial charge >= 0.3 is 0 Å². The Labute approximate surface area is 236 Å². The zero-order valence-electron chi connectivity index (χ0n) is 24.3. The molecule has 1 aromatic carbocycles. The van der Waals surface area contributed by atoms with E-state index in [4.69, 9.17) is 0 Å². The lowest BCUT2D eigenvalue weighted by molar-refractivity contribution is -0.205. The van der Waals surface area contributed by atoms with Crippen molar-refractivity contribution in [3.63, 3.8) is 0 Å². The molecule has 216 valence electrons. The Hall–Kier alpha value is -2.67. The number of fused-ring (bicyclic) bond motifs is 3. The van der Waals surface area contributed by atoms with Gasteiger partial charge < -0.3 is 10.2 Å². The van der Waals surface area contributed by atoms with Crippen LogP contribution in [0.1, 0.15) is 101 Å². The van der Waals surface area contributed by atoms with E-state index in [0.29, 0.717) is 12.3 Å². The lowest BCUT2D eigenvalue weighted by Crippen LogP contribution is -2.76. The average molecular weight is 551 g/mol.